The van der Waals surface area contributed by atoms with Crippen molar-refractivity contribution in [3.63, 3.8) is 0 Å². The van der Waals surface area contributed by atoms with E-state index >= 15 is 0 Å². The Labute approximate surface area is 214 Å². The van der Waals surface area contributed by atoms with E-state index in [0.29, 0.717) is 37.5 Å². The average Bonchev–Trinajstić information content (AvgIpc) is 3.30. The molecule has 2 aliphatic rings. The second-order valence-electron chi connectivity index (χ2n) is 10.7. The molecule has 196 valence electrons. The van der Waals surface area contributed by atoms with E-state index in [0.717, 1.165) is 5.56 Å². The molecule has 10 heteroatoms. The number of piperidine rings is 1. The number of hydrogen-bond acceptors (Lipinski definition) is 5. The molecule has 0 radical (unpaired) electrons. The molecule has 2 fully saturated rings. The van der Waals surface area contributed by atoms with Crippen LogP contribution in [0.25, 0.3) is 0 Å². The maximum Gasteiger partial charge on any atom is 0.245 e. The van der Waals surface area contributed by atoms with Gasteiger partial charge >= 0.3 is 0 Å². The number of rotatable bonds is 7. The van der Waals surface area contributed by atoms with Gasteiger partial charge in [0.1, 0.15) is 6.04 Å². The van der Waals surface area contributed by atoms with E-state index in [4.69, 9.17) is 11.6 Å². The quantitative estimate of drug-likeness (QED) is 0.567. The molecule has 1 aromatic carbocycles. The monoisotopic (exact) mass is 527 g/mol. The summed E-state index contributed by atoms with van der Waals surface area (Å²) in [6.07, 6.45) is 0.799. The molecule has 35 heavy (non-hydrogen) atoms. The molecule has 1 aromatic rings. The van der Waals surface area contributed by atoms with Gasteiger partial charge in [0.25, 0.3) is 0 Å². The molecule has 0 unspecified atom stereocenters. The fourth-order valence-corrected chi connectivity index (χ4v) is 6.41. The molecule has 0 spiro atoms. The molecule has 0 aliphatic carbocycles. The summed E-state index contributed by atoms with van der Waals surface area (Å²) in [6, 6.07) is 6.42. The molecular formula is C25H38ClN3O5S. The van der Waals surface area contributed by atoms with Crippen LogP contribution in [0.5, 0.6) is 0 Å². The second-order valence-corrected chi connectivity index (χ2v) is 13.4. The van der Waals surface area contributed by atoms with Crippen LogP contribution in [-0.4, -0.2) is 72.5 Å². The van der Waals surface area contributed by atoms with Crippen molar-refractivity contribution in [2.45, 2.75) is 59.1 Å². The Morgan fingerprint density at radius 2 is 1.83 bits per heavy atom. The van der Waals surface area contributed by atoms with Gasteiger partial charge in [0.15, 0.2) is 0 Å². The molecule has 3 rings (SSSR count). The SMILES string of the molecule is CCS(=O)(=O)N1CC[C@@H](C(=O)N[C@@H](C(=O)N2CC[C@](O)(c3ccc(Cl)cc3)C(C)(C)C2)C(C)C)C1. The lowest BCUT2D eigenvalue weighted by Gasteiger charge is -2.51. The Bertz CT molecular complexity index is 1040. The van der Waals surface area contributed by atoms with Crippen molar-refractivity contribution >= 4 is 33.4 Å². The van der Waals surface area contributed by atoms with Crippen LogP contribution >= 0.6 is 11.6 Å². The van der Waals surface area contributed by atoms with Gasteiger partial charge in [-0.15, -0.1) is 0 Å². The third-order valence-corrected chi connectivity index (χ3v) is 9.69. The number of amides is 2. The van der Waals surface area contributed by atoms with Crippen LogP contribution < -0.4 is 5.32 Å². The largest absolute Gasteiger partial charge is 0.384 e. The van der Waals surface area contributed by atoms with E-state index in [1.165, 1.54) is 4.31 Å². The van der Waals surface area contributed by atoms with Gasteiger partial charge < -0.3 is 15.3 Å². The van der Waals surface area contributed by atoms with Crippen molar-refractivity contribution in [3.8, 4) is 0 Å². The van der Waals surface area contributed by atoms with Crippen LogP contribution in [0.2, 0.25) is 5.02 Å². The fraction of sp³-hybridized carbons (Fsp3) is 0.680. The van der Waals surface area contributed by atoms with Gasteiger partial charge in [-0.25, -0.2) is 12.7 Å². The minimum atomic E-state index is -3.34. The van der Waals surface area contributed by atoms with E-state index in [9.17, 15) is 23.1 Å². The maximum absolute atomic E-state index is 13.5. The number of aliphatic hydroxyl groups is 1. The standard InChI is InChI=1S/C25H38ClN3O5S/c1-6-35(33,34)29-13-11-18(15-29)22(30)27-21(17(2)3)23(31)28-14-12-25(32,24(4,5)16-28)19-7-9-20(26)10-8-19/h7-10,17-18,21,32H,6,11-16H2,1-5H3,(H,27,30)/t18-,21-,25+/m1/s1. The molecule has 0 aromatic heterocycles. The minimum Gasteiger partial charge on any atom is -0.384 e. The van der Waals surface area contributed by atoms with Gasteiger partial charge in [-0.1, -0.05) is 51.4 Å². The molecular weight excluding hydrogens is 490 g/mol. The summed E-state index contributed by atoms with van der Waals surface area (Å²) in [7, 11) is -3.34. The molecule has 8 nitrogen and oxygen atoms in total. The number of nitrogens with one attached hydrogen (secondary N) is 1. The van der Waals surface area contributed by atoms with Gasteiger partial charge in [-0.2, -0.15) is 0 Å². The Balaban J connectivity index is 1.70. The average molecular weight is 528 g/mol. The highest BCUT2D eigenvalue weighted by molar-refractivity contribution is 7.89. The van der Waals surface area contributed by atoms with E-state index in [-0.39, 0.29) is 30.0 Å². The lowest BCUT2D eigenvalue weighted by atomic mass is 9.66. The van der Waals surface area contributed by atoms with Crippen LogP contribution in [0.1, 0.15) is 53.0 Å². The lowest BCUT2D eigenvalue weighted by Crippen LogP contribution is -2.60. The number of nitrogens with zero attached hydrogens (tertiary/aromatic N) is 2. The third-order valence-electron chi connectivity index (χ3n) is 7.59. The molecule has 2 heterocycles. The number of benzene rings is 1. The zero-order valence-corrected chi connectivity index (χ0v) is 22.8. The van der Waals surface area contributed by atoms with Crippen molar-refractivity contribution in [2.24, 2.45) is 17.3 Å². The third kappa shape index (κ3) is 5.68. The topological polar surface area (TPSA) is 107 Å². The van der Waals surface area contributed by atoms with Crippen LogP contribution in [0.3, 0.4) is 0 Å². The van der Waals surface area contributed by atoms with E-state index in [1.54, 1.807) is 24.0 Å². The summed E-state index contributed by atoms with van der Waals surface area (Å²) in [5.41, 5.74) is -0.996. The number of halogens is 1. The molecule has 0 bridgehead atoms. The van der Waals surface area contributed by atoms with Gasteiger partial charge in [0, 0.05) is 36.6 Å². The summed E-state index contributed by atoms with van der Waals surface area (Å²) in [4.78, 5) is 28.3. The zero-order valence-electron chi connectivity index (χ0n) is 21.3. The summed E-state index contributed by atoms with van der Waals surface area (Å²) in [5.74, 6) is -1.10. The lowest BCUT2D eigenvalue weighted by molar-refractivity contribution is -0.157. The van der Waals surface area contributed by atoms with Gasteiger partial charge in [-0.3, -0.25) is 9.59 Å². The molecule has 3 atom stereocenters. The van der Waals surface area contributed by atoms with Crippen molar-refractivity contribution in [2.75, 3.05) is 31.9 Å². The Morgan fingerprint density at radius 3 is 2.37 bits per heavy atom. The molecule has 0 saturated carbocycles. The van der Waals surface area contributed by atoms with Crippen LogP contribution in [0, 0.1) is 17.3 Å². The summed E-state index contributed by atoms with van der Waals surface area (Å²) < 4.78 is 25.7. The number of hydrogen-bond donors (Lipinski definition) is 2. The first-order valence-electron chi connectivity index (χ1n) is 12.3. The number of sulfonamides is 1. The highest BCUT2D eigenvalue weighted by atomic mass is 35.5. The van der Waals surface area contributed by atoms with Gasteiger partial charge in [0.05, 0.1) is 17.3 Å². The van der Waals surface area contributed by atoms with Crippen molar-refractivity contribution in [1.29, 1.82) is 0 Å². The molecule has 2 saturated heterocycles. The first-order valence-corrected chi connectivity index (χ1v) is 14.3. The Morgan fingerprint density at radius 1 is 1.20 bits per heavy atom. The Hall–Kier alpha value is -1.68. The van der Waals surface area contributed by atoms with E-state index in [1.807, 2.05) is 39.8 Å². The number of carbonyl (C=O) groups excluding carboxylic acids is 2. The van der Waals surface area contributed by atoms with Crippen LogP contribution in [0.4, 0.5) is 0 Å². The summed E-state index contributed by atoms with van der Waals surface area (Å²) in [6.45, 7) is 10.4. The first kappa shape index (κ1) is 27.9. The van der Waals surface area contributed by atoms with E-state index < -0.39 is 33.0 Å². The van der Waals surface area contributed by atoms with Crippen molar-refractivity contribution < 1.29 is 23.1 Å². The van der Waals surface area contributed by atoms with E-state index in [2.05, 4.69) is 5.32 Å². The summed E-state index contributed by atoms with van der Waals surface area (Å²) in [5, 5.41) is 15.1. The molecule has 2 aliphatic heterocycles. The maximum atomic E-state index is 13.5. The number of likely N-dealkylation sites (tertiary alicyclic amines) is 1. The highest BCUT2D eigenvalue weighted by Crippen LogP contribution is 2.46. The highest BCUT2D eigenvalue weighted by Gasteiger charge is 2.50. The Kier molecular flexibility index (Phi) is 8.26. The van der Waals surface area contributed by atoms with Crippen molar-refractivity contribution in [3.05, 3.63) is 34.9 Å². The van der Waals surface area contributed by atoms with Gasteiger partial charge in [0.2, 0.25) is 21.8 Å². The van der Waals surface area contributed by atoms with Crippen molar-refractivity contribution in [1.82, 2.24) is 14.5 Å². The fourth-order valence-electron chi connectivity index (χ4n) is 5.13. The zero-order chi connectivity index (χ0) is 26.2. The van der Waals surface area contributed by atoms with Gasteiger partial charge in [-0.05, 0) is 43.4 Å². The molecule has 2 amide bonds. The smallest absolute Gasteiger partial charge is 0.245 e. The normalized spacial score (nSPS) is 26.1. The number of carbonyl (C=O) groups is 2. The second kappa shape index (κ2) is 10.4. The molecule has 2 N–H and O–H groups in total. The van der Waals surface area contributed by atoms with Crippen LogP contribution in [0.15, 0.2) is 24.3 Å². The van der Waals surface area contributed by atoms with Crippen LogP contribution in [-0.2, 0) is 25.2 Å². The predicted molar refractivity (Wildman–Crippen MR) is 136 cm³/mol. The predicted octanol–water partition coefficient (Wildman–Crippen LogP) is 2.60. The minimum absolute atomic E-state index is 0.00155. The first-order chi connectivity index (χ1) is 16.2. The summed E-state index contributed by atoms with van der Waals surface area (Å²) >= 11 is 6.02.